The Bertz CT molecular complexity index is 812. The molecule has 144 valence electrons. The van der Waals surface area contributed by atoms with Crippen LogP contribution in [0.5, 0.6) is 0 Å². The van der Waals surface area contributed by atoms with E-state index >= 15 is 0 Å². The van der Waals surface area contributed by atoms with Crippen LogP contribution in [-0.4, -0.2) is 7.85 Å². The Morgan fingerprint density at radius 1 is 0.607 bits per heavy atom. The van der Waals surface area contributed by atoms with E-state index in [1.165, 1.54) is 42.3 Å². The van der Waals surface area contributed by atoms with Gasteiger partial charge in [0.2, 0.25) is 0 Å². The van der Waals surface area contributed by atoms with E-state index in [0.717, 1.165) is 19.8 Å². The van der Waals surface area contributed by atoms with Crippen LogP contribution in [0, 0.1) is 0 Å². The highest BCUT2D eigenvalue weighted by molar-refractivity contribution is 9.11. The number of hydrogen-bond acceptors (Lipinski definition) is 0. The fraction of sp³-hybridized carbons (Fsp3) is 0.250. The number of rotatable bonds is 8. The highest BCUT2D eigenvalue weighted by atomic mass is 79.9. The molecule has 0 aliphatic heterocycles. The van der Waals surface area contributed by atoms with Crippen molar-refractivity contribution in [3.8, 4) is 0 Å². The molecule has 0 nitrogen and oxygen atoms in total. The number of unbranched alkanes of at least 4 members (excludes halogenated alkanes) is 2. The Kier molecular flexibility index (Phi) is 8.02. The maximum absolute atomic E-state index is 3.70. The number of hydrogen-bond donors (Lipinski definition) is 0. The summed E-state index contributed by atoms with van der Waals surface area (Å²) in [7, 11) is 2.27. The van der Waals surface area contributed by atoms with E-state index in [-0.39, 0.29) is 5.41 Å². The van der Waals surface area contributed by atoms with E-state index in [4.69, 9.17) is 0 Å². The fourth-order valence-electron chi connectivity index (χ4n) is 4.01. The normalized spacial score (nSPS) is 11.5. The molecule has 0 heterocycles. The molecule has 0 radical (unpaired) electrons. The fourth-order valence-corrected chi connectivity index (χ4v) is 5.21. The van der Waals surface area contributed by atoms with E-state index in [1.54, 1.807) is 0 Å². The van der Waals surface area contributed by atoms with Crippen LogP contribution in [0.15, 0.2) is 86.2 Å². The molecule has 28 heavy (non-hydrogen) atoms. The van der Waals surface area contributed by atoms with Gasteiger partial charge in [0.05, 0.1) is 0 Å². The van der Waals surface area contributed by atoms with Gasteiger partial charge in [-0.15, -0.1) is 0 Å². The zero-order valence-electron chi connectivity index (χ0n) is 16.1. The van der Waals surface area contributed by atoms with Crippen molar-refractivity contribution in [2.45, 2.75) is 37.4 Å². The molecule has 4 heteroatoms. The first-order chi connectivity index (χ1) is 13.6. The second-order valence-corrected chi connectivity index (χ2v) is 9.99. The maximum atomic E-state index is 3.70. The molecule has 3 aromatic rings. The molecule has 0 atom stereocenters. The van der Waals surface area contributed by atoms with Crippen molar-refractivity contribution in [1.29, 1.82) is 0 Å². The van der Waals surface area contributed by atoms with E-state index in [1.807, 2.05) is 0 Å². The average molecular weight is 563 g/mol. The monoisotopic (exact) mass is 560 g/mol. The summed E-state index contributed by atoms with van der Waals surface area (Å²) in [5, 5.41) is 0. The highest BCUT2D eigenvalue weighted by Gasteiger charge is 2.36. The lowest BCUT2D eigenvalue weighted by molar-refractivity contribution is 0.514. The summed E-state index contributed by atoms with van der Waals surface area (Å²) in [6, 6.07) is 26.4. The summed E-state index contributed by atoms with van der Waals surface area (Å²) in [4.78, 5) is 0. The van der Waals surface area contributed by atoms with Crippen molar-refractivity contribution in [2.24, 2.45) is 0 Å². The van der Waals surface area contributed by atoms with Crippen molar-refractivity contribution in [2.75, 3.05) is 0 Å². The van der Waals surface area contributed by atoms with Gasteiger partial charge in [-0.25, -0.2) is 0 Å². The first-order valence-electron chi connectivity index (χ1n) is 9.84. The summed E-state index contributed by atoms with van der Waals surface area (Å²) < 4.78 is 3.36. The van der Waals surface area contributed by atoms with Gasteiger partial charge >= 0.3 is 0 Å². The van der Waals surface area contributed by atoms with Crippen LogP contribution in [0.3, 0.4) is 0 Å². The summed E-state index contributed by atoms with van der Waals surface area (Å²) in [5.74, 6) is 0. The van der Waals surface area contributed by atoms with Gasteiger partial charge in [0.1, 0.15) is 7.85 Å². The van der Waals surface area contributed by atoms with E-state index in [2.05, 4.69) is 128 Å². The molecule has 0 aliphatic carbocycles. The van der Waals surface area contributed by atoms with Crippen molar-refractivity contribution in [3.63, 3.8) is 0 Å². The minimum absolute atomic E-state index is 0.189. The van der Waals surface area contributed by atoms with Gasteiger partial charge in [0.15, 0.2) is 0 Å². The number of halogens is 3. The first kappa shape index (κ1) is 21.9. The SMILES string of the molecule is BCCCCCC(c1cccc(Br)c1)(c1cccc(Br)c1)c1cccc(Br)c1. The summed E-state index contributed by atoms with van der Waals surface area (Å²) in [6.45, 7) is 0. The topological polar surface area (TPSA) is 0 Å². The lowest BCUT2D eigenvalue weighted by Gasteiger charge is -2.37. The summed E-state index contributed by atoms with van der Waals surface area (Å²) in [6.07, 6.45) is 6.06. The lowest BCUT2D eigenvalue weighted by Crippen LogP contribution is -2.29. The third-order valence-corrected chi connectivity index (χ3v) is 6.84. The summed E-state index contributed by atoms with van der Waals surface area (Å²) >= 11 is 11.1. The minimum atomic E-state index is -0.189. The molecule has 0 N–H and O–H groups in total. The molecule has 0 fully saturated rings. The molecular weight excluding hydrogens is 539 g/mol. The van der Waals surface area contributed by atoms with Crippen LogP contribution in [0.4, 0.5) is 0 Å². The van der Waals surface area contributed by atoms with Crippen molar-refractivity contribution >= 4 is 55.6 Å². The van der Waals surface area contributed by atoms with Crippen LogP contribution in [0.25, 0.3) is 0 Å². The van der Waals surface area contributed by atoms with Crippen LogP contribution >= 0.6 is 47.8 Å². The first-order valence-corrected chi connectivity index (χ1v) is 12.2. The van der Waals surface area contributed by atoms with Gasteiger partial charge in [-0.05, 0) is 59.5 Å². The Hall–Kier alpha value is -0.835. The largest absolute Gasteiger partial charge is 0.101 e. The Balaban J connectivity index is 2.24. The molecule has 0 amide bonds. The second-order valence-electron chi connectivity index (χ2n) is 7.25. The molecule has 0 saturated heterocycles. The molecule has 3 aromatic carbocycles. The average Bonchev–Trinajstić information content (AvgIpc) is 2.68. The van der Waals surface area contributed by atoms with E-state index in [9.17, 15) is 0 Å². The molecule has 0 aromatic heterocycles. The highest BCUT2D eigenvalue weighted by Crippen LogP contribution is 2.45. The predicted octanol–water partition coefficient (Wildman–Crippen LogP) is 7.92. The van der Waals surface area contributed by atoms with Gasteiger partial charge in [-0.3, -0.25) is 0 Å². The maximum Gasteiger partial charge on any atom is 0.101 e. The molecule has 0 unspecified atom stereocenters. The van der Waals surface area contributed by atoms with Gasteiger partial charge in [0, 0.05) is 18.8 Å². The third kappa shape index (κ3) is 5.01. The Morgan fingerprint density at radius 3 is 1.39 bits per heavy atom. The van der Waals surface area contributed by atoms with Gasteiger partial charge in [0.25, 0.3) is 0 Å². The predicted molar refractivity (Wildman–Crippen MR) is 134 cm³/mol. The number of benzene rings is 3. The van der Waals surface area contributed by atoms with Crippen LogP contribution in [0.1, 0.15) is 42.4 Å². The smallest absolute Gasteiger partial charge is 0.0811 e. The zero-order valence-corrected chi connectivity index (χ0v) is 20.9. The van der Waals surface area contributed by atoms with E-state index in [0.29, 0.717) is 0 Å². The van der Waals surface area contributed by atoms with E-state index < -0.39 is 0 Å². The van der Waals surface area contributed by atoms with Crippen molar-refractivity contribution < 1.29 is 0 Å². The van der Waals surface area contributed by atoms with Crippen molar-refractivity contribution in [3.05, 3.63) is 103 Å². The van der Waals surface area contributed by atoms with Gasteiger partial charge < -0.3 is 0 Å². The molecule has 0 aliphatic rings. The van der Waals surface area contributed by atoms with Crippen LogP contribution in [0.2, 0.25) is 6.32 Å². The van der Waals surface area contributed by atoms with Crippen LogP contribution in [-0.2, 0) is 5.41 Å². The third-order valence-electron chi connectivity index (χ3n) is 5.36. The quantitative estimate of drug-likeness (QED) is 0.149. The van der Waals surface area contributed by atoms with Gasteiger partial charge in [-0.1, -0.05) is 110 Å². The Morgan fingerprint density at radius 2 is 1.04 bits per heavy atom. The molecule has 0 bridgehead atoms. The lowest BCUT2D eigenvalue weighted by atomic mass is 9.66. The molecule has 3 rings (SSSR count). The second kappa shape index (κ2) is 10.3. The zero-order chi connectivity index (χ0) is 20.0. The molecular formula is C24H24BBr3. The summed E-state index contributed by atoms with van der Waals surface area (Å²) in [5.41, 5.74) is 3.80. The van der Waals surface area contributed by atoms with Crippen LogP contribution < -0.4 is 0 Å². The van der Waals surface area contributed by atoms with Crippen molar-refractivity contribution in [1.82, 2.24) is 0 Å². The van der Waals surface area contributed by atoms with Gasteiger partial charge in [-0.2, -0.15) is 0 Å². The Labute approximate surface area is 194 Å². The molecule has 0 saturated carbocycles. The molecule has 0 spiro atoms. The minimum Gasteiger partial charge on any atom is -0.0811 e. The standard InChI is InChI=1S/C24H24BBr3/c25-14-3-1-2-13-24(18-7-4-10-21(26)15-18,19-8-5-11-22(27)16-19)20-9-6-12-23(28)17-20/h4-12,15-17H,1-3,13-14,25H2.